The van der Waals surface area contributed by atoms with E-state index in [1.807, 2.05) is 18.2 Å². The fourth-order valence-corrected chi connectivity index (χ4v) is 3.90. The van der Waals surface area contributed by atoms with E-state index in [1.165, 1.54) is 5.69 Å². The quantitative estimate of drug-likeness (QED) is 0.919. The molecular formula is C21H26N4O. The Morgan fingerprint density at radius 3 is 2.38 bits per heavy atom. The molecule has 0 aliphatic carbocycles. The molecule has 1 N–H and O–H groups in total. The van der Waals surface area contributed by atoms with Crippen molar-refractivity contribution in [3.8, 4) is 0 Å². The van der Waals surface area contributed by atoms with Crippen LogP contribution in [0.3, 0.4) is 0 Å². The number of para-hydroxylation sites is 2. The lowest BCUT2D eigenvalue weighted by atomic mass is 10.1. The fourth-order valence-electron chi connectivity index (χ4n) is 3.90. The van der Waals surface area contributed by atoms with Crippen LogP contribution in [0.25, 0.3) is 0 Å². The molecule has 2 heterocycles. The first-order valence-corrected chi connectivity index (χ1v) is 9.41. The van der Waals surface area contributed by atoms with Crippen molar-refractivity contribution in [3.63, 3.8) is 0 Å². The summed E-state index contributed by atoms with van der Waals surface area (Å²) in [5, 5.41) is 3.06. The second-order valence-corrected chi connectivity index (χ2v) is 7.02. The molecule has 1 fully saturated rings. The molecule has 1 atom stereocenters. The summed E-state index contributed by atoms with van der Waals surface area (Å²) >= 11 is 0. The van der Waals surface area contributed by atoms with Gasteiger partial charge in [0.1, 0.15) is 0 Å². The fraction of sp³-hybridized carbons (Fsp3) is 0.381. The highest BCUT2D eigenvalue weighted by atomic mass is 16.2. The van der Waals surface area contributed by atoms with E-state index in [0.717, 1.165) is 50.5 Å². The van der Waals surface area contributed by atoms with Gasteiger partial charge in [-0.2, -0.15) is 0 Å². The molecule has 2 aliphatic rings. The molecule has 2 aromatic carbocycles. The summed E-state index contributed by atoms with van der Waals surface area (Å²) in [6, 6.07) is 18.5. The van der Waals surface area contributed by atoms with E-state index in [1.54, 1.807) is 0 Å². The largest absolute Gasteiger partial charge is 0.369 e. The number of nitrogens with one attached hydrogen (secondary N) is 1. The van der Waals surface area contributed by atoms with Crippen LogP contribution < -0.4 is 15.1 Å². The van der Waals surface area contributed by atoms with Gasteiger partial charge in [-0.1, -0.05) is 30.3 Å². The molecular weight excluding hydrogens is 324 g/mol. The van der Waals surface area contributed by atoms with Crippen LogP contribution in [0, 0.1) is 0 Å². The second kappa shape index (κ2) is 7.38. The lowest BCUT2D eigenvalue weighted by molar-refractivity contribution is 0.0930. The summed E-state index contributed by atoms with van der Waals surface area (Å²) in [4.78, 5) is 19.4. The van der Waals surface area contributed by atoms with Gasteiger partial charge in [0.25, 0.3) is 5.91 Å². The van der Waals surface area contributed by atoms with Crippen molar-refractivity contribution in [2.45, 2.75) is 13.1 Å². The van der Waals surface area contributed by atoms with Crippen LogP contribution in [-0.2, 0) is 0 Å². The van der Waals surface area contributed by atoms with Crippen molar-refractivity contribution in [2.75, 3.05) is 49.1 Å². The SMILES string of the molecule is CC1NC(=O)c2ccccc2N1CCN1CCN(c2ccccc2)CC1. The standard InChI is InChI=1S/C21H26N4O/c1-17-22-21(26)19-9-5-6-10-20(19)25(17)16-13-23-11-14-24(15-12-23)18-7-3-2-4-8-18/h2-10,17H,11-16H2,1H3,(H,22,26). The van der Waals surface area contributed by atoms with Crippen molar-refractivity contribution in [2.24, 2.45) is 0 Å². The Morgan fingerprint density at radius 1 is 0.923 bits per heavy atom. The number of fused-ring (bicyclic) bond motifs is 1. The average Bonchev–Trinajstić information content (AvgIpc) is 2.69. The molecule has 2 aliphatic heterocycles. The molecule has 0 aromatic heterocycles. The average molecular weight is 350 g/mol. The Kier molecular flexibility index (Phi) is 4.80. The van der Waals surface area contributed by atoms with Gasteiger partial charge in [-0.3, -0.25) is 9.69 Å². The van der Waals surface area contributed by atoms with E-state index in [2.05, 4.69) is 63.3 Å². The van der Waals surface area contributed by atoms with Crippen LogP contribution >= 0.6 is 0 Å². The maximum Gasteiger partial charge on any atom is 0.254 e. The number of nitrogens with zero attached hydrogens (tertiary/aromatic N) is 3. The third-order valence-corrected chi connectivity index (χ3v) is 5.42. The van der Waals surface area contributed by atoms with Crippen LogP contribution in [0.4, 0.5) is 11.4 Å². The number of rotatable bonds is 4. The molecule has 0 radical (unpaired) electrons. The Morgan fingerprint density at radius 2 is 1.62 bits per heavy atom. The van der Waals surface area contributed by atoms with Gasteiger partial charge in [0.2, 0.25) is 0 Å². The van der Waals surface area contributed by atoms with Gasteiger partial charge in [0, 0.05) is 45.0 Å². The third kappa shape index (κ3) is 3.40. The number of anilines is 2. The number of piperazine rings is 1. The van der Waals surface area contributed by atoms with E-state index < -0.39 is 0 Å². The number of benzene rings is 2. The Labute approximate surface area is 155 Å². The highest BCUT2D eigenvalue weighted by Gasteiger charge is 2.28. The van der Waals surface area contributed by atoms with Gasteiger partial charge in [0.05, 0.1) is 17.4 Å². The van der Waals surface area contributed by atoms with Crippen LogP contribution in [0.2, 0.25) is 0 Å². The molecule has 1 amide bonds. The zero-order chi connectivity index (χ0) is 17.9. The zero-order valence-corrected chi connectivity index (χ0v) is 15.3. The summed E-state index contributed by atoms with van der Waals surface area (Å²) in [5.74, 6) is 0.0285. The predicted octanol–water partition coefficient (Wildman–Crippen LogP) is 2.40. The Bertz CT molecular complexity index is 756. The lowest BCUT2D eigenvalue weighted by Crippen LogP contribution is -2.54. The van der Waals surface area contributed by atoms with Crippen molar-refractivity contribution < 1.29 is 4.79 Å². The highest BCUT2D eigenvalue weighted by Crippen LogP contribution is 2.25. The van der Waals surface area contributed by atoms with E-state index in [4.69, 9.17) is 0 Å². The van der Waals surface area contributed by atoms with Gasteiger partial charge in [-0.05, 0) is 31.2 Å². The van der Waals surface area contributed by atoms with E-state index in [-0.39, 0.29) is 12.1 Å². The molecule has 136 valence electrons. The summed E-state index contributed by atoms with van der Waals surface area (Å²) in [6.45, 7) is 8.26. The van der Waals surface area contributed by atoms with Gasteiger partial charge in [-0.15, -0.1) is 0 Å². The first kappa shape index (κ1) is 16.9. The third-order valence-electron chi connectivity index (χ3n) is 5.42. The molecule has 26 heavy (non-hydrogen) atoms. The molecule has 5 heteroatoms. The van der Waals surface area contributed by atoms with Gasteiger partial charge < -0.3 is 15.1 Å². The summed E-state index contributed by atoms with van der Waals surface area (Å²) in [6.07, 6.45) is 0.0306. The molecule has 0 saturated carbocycles. The predicted molar refractivity (Wildman–Crippen MR) is 106 cm³/mol. The summed E-state index contributed by atoms with van der Waals surface area (Å²) in [7, 11) is 0. The van der Waals surface area contributed by atoms with E-state index in [0.29, 0.717) is 0 Å². The van der Waals surface area contributed by atoms with Crippen molar-refractivity contribution in [3.05, 3.63) is 60.2 Å². The minimum absolute atomic E-state index is 0.0285. The monoisotopic (exact) mass is 350 g/mol. The van der Waals surface area contributed by atoms with Crippen LogP contribution in [0.5, 0.6) is 0 Å². The normalized spacial score (nSPS) is 20.7. The highest BCUT2D eigenvalue weighted by molar-refractivity contribution is 6.01. The molecule has 1 saturated heterocycles. The number of amides is 1. The van der Waals surface area contributed by atoms with Crippen LogP contribution in [0.1, 0.15) is 17.3 Å². The molecule has 0 spiro atoms. The van der Waals surface area contributed by atoms with Gasteiger partial charge >= 0.3 is 0 Å². The molecule has 2 aromatic rings. The molecule has 1 unspecified atom stereocenters. The summed E-state index contributed by atoms with van der Waals surface area (Å²) in [5.41, 5.74) is 3.14. The Balaban J connectivity index is 1.35. The number of carbonyl (C=O) groups is 1. The minimum atomic E-state index is 0.0285. The van der Waals surface area contributed by atoms with E-state index >= 15 is 0 Å². The number of carbonyl (C=O) groups excluding carboxylic acids is 1. The van der Waals surface area contributed by atoms with Crippen molar-refractivity contribution in [1.29, 1.82) is 0 Å². The molecule has 5 nitrogen and oxygen atoms in total. The van der Waals surface area contributed by atoms with Gasteiger partial charge in [-0.25, -0.2) is 0 Å². The van der Waals surface area contributed by atoms with Crippen LogP contribution in [-0.4, -0.2) is 56.2 Å². The molecule has 0 bridgehead atoms. The minimum Gasteiger partial charge on any atom is -0.369 e. The maximum atomic E-state index is 12.2. The zero-order valence-electron chi connectivity index (χ0n) is 15.3. The second-order valence-electron chi connectivity index (χ2n) is 7.02. The summed E-state index contributed by atoms with van der Waals surface area (Å²) < 4.78 is 0. The van der Waals surface area contributed by atoms with Gasteiger partial charge in [0.15, 0.2) is 0 Å². The smallest absolute Gasteiger partial charge is 0.254 e. The van der Waals surface area contributed by atoms with Crippen LogP contribution in [0.15, 0.2) is 54.6 Å². The number of hydrogen-bond donors (Lipinski definition) is 1. The topological polar surface area (TPSA) is 38.8 Å². The number of hydrogen-bond acceptors (Lipinski definition) is 4. The Hall–Kier alpha value is -2.53. The van der Waals surface area contributed by atoms with E-state index in [9.17, 15) is 4.79 Å². The first-order valence-electron chi connectivity index (χ1n) is 9.41. The molecule has 4 rings (SSSR count). The maximum absolute atomic E-state index is 12.2. The van der Waals surface area contributed by atoms with Crippen molar-refractivity contribution in [1.82, 2.24) is 10.2 Å². The first-order chi connectivity index (χ1) is 12.7. The van der Waals surface area contributed by atoms with Crippen molar-refractivity contribution >= 4 is 17.3 Å². The lowest BCUT2D eigenvalue weighted by Gasteiger charge is -2.40.